The summed E-state index contributed by atoms with van der Waals surface area (Å²) in [7, 11) is 0. The fraction of sp³-hybridized carbons (Fsp3) is 0.923. The standard InChI is InChI=1S/C13H26N2O/c1-10(12(2,3)4)15-11(16)8-13(9-14)6-5-7-13/h10H,5-9,14H2,1-4H3,(H,15,16). The molecule has 1 rings (SSSR count). The normalized spacial score (nSPS) is 21.1. The number of carbonyl (C=O) groups excluding carboxylic acids is 1. The zero-order chi connectivity index (χ0) is 12.4. The van der Waals surface area contributed by atoms with Crippen molar-refractivity contribution in [2.24, 2.45) is 16.6 Å². The predicted molar refractivity (Wildman–Crippen MR) is 67.0 cm³/mol. The monoisotopic (exact) mass is 226 g/mol. The molecule has 0 radical (unpaired) electrons. The number of amides is 1. The molecule has 94 valence electrons. The topological polar surface area (TPSA) is 55.1 Å². The van der Waals surface area contributed by atoms with Gasteiger partial charge in [0.25, 0.3) is 0 Å². The van der Waals surface area contributed by atoms with Crippen molar-refractivity contribution in [3.8, 4) is 0 Å². The van der Waals surface area contributed by atoms with E-state index < -0.39 is 0 Å². The lowest BCUT2D eigenvalue weighted by molar-refractivity contribution is -0.126. The van der Waals surface area contributed by atoms with E-state index in [9.17, 15) is 4.79 Å². The van der Waals surface area contributed by atoms with Gasteiger partial charge in [-0.05, 0) is 37.1 Å². The van der Waals surface area contributed by atoms with Crippen molar-refractivity contribution in [1.29, 1.82) is 0 Å². The van der Waals surface area contributed by atoms with E-state index in [-0.39, 0.29) is 22.8 Å². The van der Waals surface area contributed by atoms with Gasteiger partial charge in [0, 0.05) is 12.5 Å². The summed E-state index contributed by atoms with van der Waals surface area (Å²) in [5.41, 5.74) is 5.98. The molecule has 0 spiro atoms. The first-order valence-corrected chi connectivity index (χ1v) is 6.28. The van der Waals surface area contributed by atoms with Crippen LogP contribution in [0.5, 0.6) is 0 Å². The maximum absolute atomic E-state index is 11.9. The Hall–Kier alpha value is -0.570. The van der Waals surface area contributed by atoms with Crippen molar-refractivity contribution in [3.63, 3.8) is 0 Å². The molecule has 3 N–H and O–H groups in total. The molecule has 0 bridgehead atoms. The van der Waals surface area contributed by atoms with Gasteiger partial charge < -0.3 is 11.1 Å². The molecule has 0 saturated heterocycles. The van der Waals surface area contributed by atoms with E-state index in [1.165, 1.54) is 6.42 Å². The highest BCUT2D eigenvalue weighted by atomic mass is 16.1. The van der Waals surface area contributed by atoms with Crippen molar-refractivity contribution < 1.29 is 4.79 Å². The summed E-state index contributed by atoms with van der Waals surface area (Å²) in [6.07, 6.45) is 4.05. The first-order valence-electron chi connectivity index (χ1n) is 6.28. The smallest absolute Gasteiger partial charge is 0.220 e. The quantitative estimate of drug-likeness (QED) is 0.771. The summed E-state index contributed by atoms with van der Waals surface area (Å²) in [6.45, 7) is 9.12. The second-order valence-corrected chi connectivity index (χ2v) is 6.39. The lowest BCUT2D eigenvalue weighted by Gasteiger charge is -2.41. The second kappa shape index (κ2) is 4.74. The number of nitrogens with two attached hydrogens (primary N) is 1. The minimum atomic E-state index is 0.113. The van der Waals surface area contributed by atoms with Gasteiger partial charge in [0.15, 0.2) is 0 Å². The number of rotatable bonds is 4. The van der Waals surface area contributed by atoms with Crippen molar-refractivity contribution >= 4 is 5.91 Å². The second-order valence-electron chi connectivity index (χ2n) is 6.39. The third kappa shape index (κ3) is 3.21. The number of hydrogen-bond acceptors (Lipinski definition) is 2. The van der Waals surface area contributed by atoms with Gasteiger partial charge in [0.05, 0.1) is 0 Å². The molecule has 1 unspecified atom stereocenters. The Morgan fingerprint density at radius 3 is 2.31 bits per heavy atom. The summed E-state index contributed by atoms with van der Waals surface area (Å²) in [5.74, 6) is 0.160. The van der Waals surface area contributed by atoms with Crippen LogP contribution in [0.1, 0.15) is 53.4 Å². The zero-order valence-corrected chi connectivity index (χ0v) is 11.1. The van der Waals surface area contributed by atoms with Crippen LogP contribution in [0.15, 0.2) is 0 Å². The van der Waals surface area contributed by atoms with Gasteiger partial charge in [0.2, 0.25) is 5.91 Å². The number of nitrogens with one attached hydrogen (secondary N) is 1. The molecule has 0 aromatic carbocycles. The summed E-state index contributed by atoms with van der Waals surface area (Å²) in [5, 5.41) is 3.08. The molecular formula is C13H26N2O. The molecule has 0 aromatic rings. The minimum absolute atomic E-state index is 0.113. The third-order valence-electron chi connectivity index (χ3n) is 4.06. The Balaban J connectivity index is 2.41. The molecule has 1 fully saturated rings. The Kier molecular flexibility index (Phi) is 4.00. The van der Waals surface area contributed by atoms with Gasteiger partial charge in [-0.2, -0.15) is 0 Å². The molecule has 1 aliphatic carbocycles. The fourth-order valence-electron chi connectivity index (χ4n) is 1.98. The van der Waals surface area contributed by atoms with Crippen molar-refractivity contribution in [3.05, 3.63) is 0 Å². The van der Waals surface area contributed by atoms with E-state index in [2.05, 4.69) is 33.0 Å². The van der Waals surface area contributed by atoms with Gasteiger partial charge in [-0.25, -0.2) is 0 Å². The third-order valence-corrected chi connectivity index (χ3v) is 4.06. The molecule has 0 heterocycles. The molecule has 3 heteroatoms. The van der Waals surface area contributed by atoms with Gasteiger partial charge in [0.1, 0.15) is 0 Å². The lowest BCUT2D eigenvalue weighted by atomic mass is 9.66. The lowest BCUT2D eigenvalue weighted by Crippen LogP contribution is -2.46. The minimum Gasteiger partial charge on any atom is -0.353 e. The van der Waals surface area contributed by atoms with Crippen LogP contribution in [0.3, 0.4) is 0 Å². The maximum Gasteiger partial charge on any atom is 0.220 e. The van der Waals surface area contributed by atoms with Crippen LogP contribution in [0.2, 0.25) is 0 Å². The van der Waals surface area contributed by atoms with Crippen LogP contribution < -0.4 is 11.1 Å². The number of carbonyl (C=O) groups is 1. The van der Waals surface area contributed by atoms with E-state index in [1.807, 2.05) is 0 Å². The first kappa shape index (κ1) is 13.5. The molecule has 1 saturated carbocycles. The van der Waals surface area contributed by atoms with E-state index >= 15 is 0 Å². The van der Waals surface area contributed by atoms with Crippen LogP contribution in [0, 0.1) is 10.8 Å². The van der Waals surface area contributed by atoms with Crippen molar-refractivity contribution in [2.45, 2.75) is 59.4 Å². The molecule has 16 heavy (non-hydrogen) atoms. The molecule has 0 aromatic heterocycles. The first-order chi connectivity index (χ1) is 7.29. The molecule has 1 amide bonds. The van der Waals surface area contributed by atoms with Crippen LogP contribution in [0.25, 0.3) is 0 Å². The summed E-state index contributed by atoms with van der Waals surface area (Å²) >= 11 is 0. The van der Waals surface area contributed by atoms with Crippen LogP contribution >= 0.6 is 0 Å². The summed E-state index contributed by atoms with van der Waals surface area (Å²) in [6, 6.07) is 0.204. The SMILES string of the molecule is CC(NC(=O)CC1(CN)CCC1)C(C)(C)C. The van der Waals surface area contributed by atoms with Gasteiger partial charge in [-0.15, -0.1) is 0 Å². The molecule has 3 nitrogen and oxygen atoms in total. The van der Waals surface area contributed by atoms with E-state index in [1.54, 1.807) is 0 Å². The molecular weight excluding hydrogens is 200 g/mol. The van der Waals surface area contributed by atoms with Gasteiger partial charge in [-0.1, -0.05) is 27.2 Å². The van der Waals surface area contributed by atoms with E-state index in [4.69, 9.17) is 5.73 Å². The Labute approximate surface area is 99.2 Å². The van der Waals surface area contributed by atoms with Crippen molar-refractivity contribution in [2.75, 3.05) is 6.54 Å². The summed E-state index contributed by atoms with van der Waals surface area (Å²) < 4.78 is 0. The highest BCUT2D eigenvalue weighted by Crippen LogP contribution is 2.42. The average molecular weight is 226 g/mol. The highest BCUT2D eigenvalue weighted by Gasteiger charge is 2.38. The van der Waals surface area contributed by atoms with Crippen LogP contribution in [-0.4, -0.2) is 18.5 Å². The van der Waals surface area contributed by atoms with Crippen LogP contribution in [-0.2, 0) is 4.79 Å². The maximum atomic E-state index is 11.9. The van der Waals surface area contributed by atoms with Gasteiger partial charge >= 0.3 is 0 Å². The van der Waals surface area contributed by atoms with E-state index in [0.717, 1.165) is 12.8 Å². The van der Waals surface area contributed by atoms with Gasteiger partial charge in [-0.3, -0.25) is 4.79 Å². The Bertz CT molecular complexity index is 246. The highest BCUT2D eigenvalue weighted by molar-refractivity contribution is 5.77. The number of hydrogen-bond donors (Lipinski definition) is 2. The van der Waals surface area contributed by atoms with Crippen molar-refractivity contribution in [1.82, 2.24) is 5.32 Å². The van der Waals surface area contributed by atoms with Crippen LogP contribution in [0.4, 0.5) is 0 Å². The average Bonchev–Trinajstić information content (AvgIpc) is 2.09. The molecule has 1 atom stereocenters. The summed E-state index contributed by atoms with van der Waals surface area (Å²) in [4.78, 5) is 11.9. The fourth-order valence-corrected chi connectivity index (χ4v) is 1.98. The zero-order valence-electron chi connectivity index (χ0n) is 11.1. The predicted octanol–water partition coefficient (Wildman–Crippen LogP) is 2.06. The molecule has 0 aliphatic heterocycles. The Morgan fingerprint density at radius 2 is 2.00 bits per heavy atom. The largest absolute Gasteiger partial charge is 0.353 e. The van der Waals surface area contributed by atoms with E-state index in [0.29, 0.717) is 13.0 Å². The molecule has 1 aliphatic rings. The Morgan fingerprint density at radius 1 is 1.44 bits per heavy atom.